The second-order valence-electron chi connectivity index (χ2n) is 7.30. The highest BCUT2D eigenvalue weighted by Crippen LogP contribution is 2.22. The van der Waals surface area contributed by atoms with E-state index >= 15 is 0 Å². The number of aliphatic imine (C=N–C) groups is 1. The van der Waals surface area contributed by atoms with Crippen LogP contribution in [0.15, 0.2) is 23.2 Å². The van der Waals surface area contributed by atoms with Crippen molar-refractivity contribution in [1.82, 2.24) is 15.5 Å². The molecular weight excluding hydrogens is 451 g/mol. The molecular formula is C21H37IN4O. The van der Waals surface area contributed by atoms with Gasteiger partial charge in [0.05, 0.1) is 6.10 Å². The monoisotopic (exact) mass is 488 g/mol. The Hall–Kier alpha value is -1.02. The molecule has 1 aromatic rings. The molecule has 1 aliphatic rings. The molecule has 154 valence electrons. The second-order valence-corrected chi connectivity index (χ2v) is 7.30. The normalized spacial score (nSPS) is 18.7. The van der Waals surface area contributed by atoms with E-state index in [1.54, 1.807) is 0 Å². The molecule has 2 rings (SSSR count). The molecule has 1 aliphatic heterocycles. The quantitative estimate of drug-likeness (QED) is 0.332. The zero-order chi connectivity index (χ0) is 18.9. The first-order valence-electron chi connectivity index (χ1n) is 9.98. The smallest absolute Gasteiger partial charge is 0.191 e. The van der Waals surface area contributed by atoms with Gasteiger partial charge in [-0.15, -0.1) is 24.0 Å². The van der Waals surface area contributed by atoms with E-state index in [0.29, 0.717) is 12.5 Å². The summed E-state index contributed by atoms with van der Waals surface area (Å²) in [5.74, 6) is 2.53. The molecule has 0 aliphatic carbocycles. The van der Waals surface area contributed by atoms with Gasteiger partial charge in [-0.3, -0.25) is 4.99 Å². The van der Waals surface area contributed by atoms with Crippen molar-refractivity contribution < 1.29 is 4.74 Å². The first kappa shape index (κ1) is 24.0. The van der Waals surface area contributed by atoms with E-state index in [0.717, 1.165) is 36.8 Å². The zero-order valence-electron chi connectivity index (χ0n) is 17.5. The molecule has 2 unspecified atom stereocenters. The van der Waals surface area contributed by atoms with Gasteiger partial charge in [0.25, 0.3) is 0 Å². The third-order valence-corrected chi connectivity index (χ3v) is 5.17. The van der Waals surface area contributed by atoms with Gasteiger partial charge in [-0.25, -0.2) is 0 Å². The minimum atomic E-state index is 0. The van der Waals surface area contributed by atoms with Crippen LogP contribution >= 0.6 is 24.0 Å². The van der Waals surface area contributed by atoms with Gasteiger partial charge < -0.3 is 20.3 Å². The number of aryl methyl sites for hydroxylation is 1. The van der Waals surface area contributed by atoms with Crippen molar-refractivity contribution in [2.75, 3.05) is 33.2 Å². The molecule has 27 heavy (non-hydrogen) atoms. The number of rotatable bonds is 8. The van der Waals surface area contributed by atoms with Crippen LogP contribution in [0, 0.1) is 12.8 Å². The summed E-state index contributed by atoms with van der Waals surface area (Å²) < 4.78 is 6.10. The Kier molecular flexibility index (Phi) is 11.1. The fourth-order valence-electron chi connectivity index (χ4n) is 3.22. The molecule has 1 heterocycles. The third-order valence-electron chi connectivity index (χ3n) is 5.17. The average molecular weight is 488 g/mol. The summed E-state index contributed by atoms with van der Waals surface area (Å²) >= 11 is 0. The van der Waals surface area contributed by atoms with Gasteiger partial charge in [-0.05, 0) is 57.3 Å². The van der Waals surface area contributed by atoms with E-state index in [1.165, 1.54) is 25.1 Å². The van der Waals surface area contributed by atoms with Gasteiger partial charge in [-0.2, -0.15) is 0 Å². The largest absolute Gasteiger partial charge is 0.490 e. The molecule has 1 fully saturated rings. The van der Waals surface area contributed by atoms with Crippen molar-refractivity contribution in [1.29, 1.82) is 0 Å². The van der Waals surface area contributed by atoms with Crippen molar-refractivity contribution in [3.05, 3.63) is 29.3 Å². The number of halogens is 1. The SMILES string of the molecule is CCC(C)Oc1cc(C)ccc1CNC(=NC)NCC1CCN(CC)C1.I. The number of hydrogen-bond acceptors (Lipinski definition) is 3. The van der Waals surface area contributed by atoms with Crippen LogP contribution in [0.4, 0.5) is 0 Å². The van der Waals surface area contributed by atoms with Crippen LogP contribution < -0.4 is 15.4 Å². The van der Waals surface area contributed by atoms with Gasteiger partial charge in [0, 0.05) is 32.2 Å². The Balaban J connectivity index is 0.00000364. The van der Waals surface area contributed by atoms with Crippen molar-refractivity contribution in [2.24, 2.45) is 10.9 Å². The molecule has 0 radical (unpaired) electrons. The van der Waals surface area contributed by atoms with Crippen molar-refractivity contribution >= 4 is 29.9 Å². The number of nitrogens with zero attached hydrogens (tertiary/aromatic N) is 2. The highest BCUT2D eigenvalue weighted by atomic mass is 127. The van der Waals surface area contributed by atoms with E-state index in [4.69, 9.17) is 4.74 Å². The summed E-state index contributed by atoms with van der Waals surface area (Å²) in [5.41, 5.74) is 2.38. The van der Waals surface area contributed by atoms with Gasteiger partial charge >= 0.3 is 0 Å². The van der Waals surface area contributed by atoms with E-state index < -0.39 is 0 Å². The van der Waals surface area contributed by atoms with Crippen LogP contribution in [-0.4, -0.2) is 50.2 Å². The summed E-state index contributed by atoms with van der Waals surface area (Å²) in [4.78, 5) is 6.87. The van der Waals surface area contributed by atoms with Crippen LogP contribution in [-0.2, 0) is 6.54 Å². The third kappa shape index (κ3) is 7.86. The Morgan fingerprint density at radius 3 is 2.74 bits per heavy atom. The zero-order valence-corrected chi connectivity index (χ0v) is 19.9. The number of hydrogen-bond donors (Lipinski definition) is 2. The molecule has 1 aromatic carbocycles. The highest BCUT2D eigenvalue weighted by molar-refractivity contribution is 14.0. The molecule has 6 heteroatoms. The summed E-state index contributed by atoms with van der Waals surface area (Å²) in [6.07, 6.45) is 2.49. The van der Waals surface area contributed by atoms with Crippen LogP contribution in [0.25, 0.3) is 0 Å². The lowest BCUT2D eigenvalue weighted by molar-refractivity contribution is 0.215. The highest BCUT2D eigenvalue weighted by Gasteiger charge is 2.21. The molecule has 0 aromatic heterocycles. The Bertz CT molecular complexity index is 594. The lowest BCUT2D eigenvalue weighted by Gasteiger charge is -2.19. The second kappa shape index (κ2) is 12.4. The molecule has 2 N–H and O–H groups in total. The predicted molar refractivity (Wildman–Crippen MR) is 125 cm³/mol. The van der Waals surface area contributed by atoms with Crippen LogP contribution in [0.5, 0.6) is 5.75 Å². The summed E-state index contributed by atoms with van der Waals surface area (Å²) in [6.45, 7) is 13.8. The number of benzene rings is 1. The lowest BCUT2D eigenvalue weighted by Crippen LogP contribution is -2.40. The topological polar surface area (TPSA) is 48.9 Å². The van der Waals surface area contributed by atoms with Crippen molar-refractivity contribution in [3.8, 4) is 5.75 Å². The molecule has 0 amide bonds. The summed E-state index contributed by atoms with van der Waals surface area (Å²) in [6, 6.07) is 6.40. The van der Waals surface area contributed by atoms with Gasteiger partial charge in [0.2, 0.25) is 0 Å². The summed E-state index contributed by atoms with van der Waals surface area (Å²) in [5, 5.41) is 6.91. The first-order chi connectivity index (χ1) is 12.5. The Labute approximate surface area is 182 Å². The number of likely N-dealkylation sites (tertiary alicyclic amines) is 1. The van der Waals surface area contributed by atoms with E-state index in [-0.39, 0.29) is 30.1 Å². The fourth-order valence-corrected chi connectivity index (χ4v) is 3.22. The van der Waals surface area contributed by atoms with Gasteiger partial charge in [0.15, 0.2) is 5.96 Å². The number of nitrogens with one attached hydrogen (secondary N) is 2. The molecule has 5 nitrogen and oxygen atoms in total. The minimum Gasteiger partial charge on any atom is -0.490 e. The number of guanidine groups is 1. The van der Waals surface area contributed by atoms with E-state index in [2.05, 4.69) is 66.4 Å². The molecule has 2 atom stereocenters. The maximum atomic E-state index is 6.10. The van der Waals surface area contributed by atoms with Crippen molar-refractivity contribution in [3.63, 3.8) is 0 Å². The maximum absolute atomic E-state index is 6.10. The lowest BCUT2D eigenvalue weighted by atomic mass is 10.1. The first-order valence-corrected chi connectivity index (χ1v) is 9.98. The molecule has 0 bridgehead atoms. The maximum Gasteiger partial charge on any atom is 0.191 e. The van der Waals surface area contributed by atoms with E-state index in [1.807, 2.05) is 7.05 Å². The van der Waals surface area contributed by atoms with Gasteiger partial charge in [-0.1, -0.05) is 26.0 Å². The fraction of sp³-hybridized carbons (Fsp3) is 0.667. The summed E-state index contributed by atoms with van der Waals surface area (Å²) in [7, 11) is 1.83. The van der Waals surface area contributed by atoms with E-state index in [9.17, 15) is 0 Å². The molecule has 0 saturated carbocycles. The molecule has 1 saturated heterocycles. The van der Waals surface area contributed by atoms with Crippen LogP contribution in [0.1, 0.15) is 44.7 Å². The van der Waals surface area contributed by atoms with Crippen LogP contribution in [0.2, 0.25) is 0 Å². The van der Waals surface area contributed by atoms with Gasteiger partial charge in [0.1, 0.15) is 5.75 Å². The predicted octanol–water partition coefficient (Wildman–Crippen LogP) is 3.80. The Morgan fingerprint density at radius 2 is 2.11 bits per heavy atom. The average Bonchev–Trinajstić information content (AvgIpc) is 3.11. The van der Waals surface area contributed by atoms with Crippen LogP contribution in [0.3, 0.4) is 0 Å². The minimum absolute atomic E-state index is 0. The molecule has 0 spiro atoms. The Morgan fingerprint density at radius 1 is 1.33 bits per heavy atom. The van der Waals surface area contributed by atoms with Crippen molar-refractivity contribution in [2.45, 2.75) is 53.2 Å². The number of ether oxygens (including phenoxy) is 1. The standard InChI is InChI=1S/C21H36N4O.HI/c1-6-17(4)26-20-12-16(3)8-9-19(20)14-24-21(22-5)23-13-18-10-11-25(7-2)15-18;/h8-9,12,17-18H,6-7,10-11,13-15H2,1-5H3,(H2,22,23,24);1H.